The second-order valence-corrected chi connectivity index (χ2v) is 7.72. The highest BCUT2D eigenvalue weighted by Crippen LogP contribution is 2.41. The summed E-state index contributed by atoms with van der Waals surface area (Å²) >= 11 is 6.21. The van der Waals surface area contributed by atoms with Gasteiger partial charge in [-0.25, -0.2) is 0 Å². The lowest BCUT2D eigenvalue weighted by molar-refractivity contribution is -0.0489. The molecule has 1 fully saturated rings. The normalized spacial score (nSPS) is 26.8. The quantitative estimate of drug-likeness (QED) is 0.879. The highest BCUT2D eigenvalue weighted by Gasteiger charge is 2.35. The van der Waals surface area contributed by atoms with Crippen molar-refractivity contribution >= 4 is 11.6 Å². The van der Waals surface area contributed by atoms with Crippen molar-refractivity contribution in [2.24, 2.45) is 23.0 Å². The first-order chi connectivity index (χ1) is 9.91. The van der Waals surface area contributed by atoms with Crippen LogP contribution >= 0.6 is 11.6 Å². The maximum Gasteiger partial charge on any atom is 0.0735 e. The van der Waals surface area contributed by atoms with E-state index in [-0.39, 0.29) is 6.10 Å². The van der Waals surface area contributed by atoms with Crippen LogP contribution in [0.2, 0.25) is 5.02 Å². The standard InChI is InChI=1S/C18H28ClNO/c1-18(2,3)15-9-8-13(11-20)17(10-15)21-12-14-6-4-5-7-16(14)19/h4-7,13,15,17H,8-12,20H2,1-3H3. The zero-order valence-electron chi connectivity index (χ0n) is 13.4. The molecule has 3 atom stereocenters. The lowest BCUT2D eigenvalue weighted by atomic mass is 9.68. The van der Waals surface area contributed by atoms with Crippen molar-refractivity contribution in [2.75, 3.05) is 6.54 Å². The zero-order chi connectivity index (χ0) is 15.5. The fraction of sp³-hybridized carbons (Fsp3) is 0.667. The molecule has 3 unspecified atom stereocenters. The van der Waals surface area contributed by atoms with Gasteiger partial charge in [-0.1, -0.05) is 50.6 Å². The molecule has 2 N–H and O–H groups in total. The van der Waals surface area contributed by atoms with Crippen LogP contribution in [0.15, 0.2) is 24.3 Å². The Labute approximate surface area is 134 Å². The van der Waals surface area contributed by atoms with Crippen LogP contribution in [0, 0.1) is 17.3 Å². The van der Waals surface area contributed by atoms with E-state index in [4.69, 9.17) is 22.1 Å². The topological polar surface area (TPSA) is 35.2 Å². The van der Waals surface area contributed by atoms with Crippen molar-refractivity contribution in [1.29, 1.82) is 0 Å². The second kappa shape index (κ2) is 7.13. The Hall–Kier alpha value is -0.570. The van der Waals surface area contributed by atoms with Gasteiger partial charge in [0.1, 0.15) is 0 Å². The molecule has 1 aliphatic rings. The fourth-order valence-corrected chi connectivity index (χ4v) is 3.45. The van der Waals surface area contributed by atoms with E-state index in [1.807, 2.05) is 24.3 Å². The van der Waals surface area contributed by atoms with Crippen LogP contribution in [-0.2, 0) is 11.3 Å². The largest absolute Gasteiger partial charge is 0.373 e. The van der Waals surface area contributed by atoms with Gasteiger partial charge in [-0.05, 0) is 54.7 Å². The molecule has 1 aliphatic carbocycles. The van der Waals surface area contributed by atoms with Crippen LogP contribution in [-0.4, -0.2) is 12.6 Å². The maximum atomic E-state index is 6.21. The molecule has 21 heavy (non-hydrogen) atoms. The predicted octanol–water partition coefficient (Wildman–Crippen LogP) is 4.65. The average Bonchev–Trinajstić information content (AvgIpc) is 2.45. The molecule has 118 valence electrons. The summed E-state index contributed by atoms with van der Waals surface area (Å²) in [6, 6.07) is 7.90. The Morgan fingerprint density at radius 3 is 2.57 bits per heavy atom. The van der Waals surface area contributed by atoms with Crippen LogP contribution in [0.1, 0.15) is 45.6 Å². The van der Waals surface area contributed by atoms with Gasteiger partial charge in [0.25, 0.3) is 0 Å². The minimum Gasteiger partial charge on any atom is -0.373 e. The van der Waals surface area contributed by atoms with E-state index in [0.29, 0.717) is 30.4 Å². The molecule has 2 nitrogen and oxygen atoms in total. The number of nitrogens with two attached hydrogens (primary N) is 1. The van der Waals surface area contributed by atoms with Gasteiger partial charge < -0.3 is 10.5 Å². The molecule has 1 saturated carbocycles. The summed E-state index contributed by atoms with van der Waals surface area (Å²) in [4.78, 5) is 0. The van der Waals surface area contributed by atoms with Crippen molar-refractivity contribution in [3.8, 4) is 0 Å². The van der Waals surface area contributed by atoms with Crippen molar-refractivity contribution < 1.29 is 4.74 Å². The van der Waals surface area contributed by atoms with E-state index in [9.17, 15) is 0 Å². The third-order valence-corrected chi connectivity index (χ3v) is 5.24. The fourth-order valence-electron chi connectivity index (χ4n) is 3.26. The highest BCUT2D eigenvalue weighted by molar-refractivity contribution is 6.31. The molecule has 0 spiro atoms. The first-order valence-electron chi connectivity index (χ1n) is 7.97. The number of rotatable bonds is 4. The Bertz CT molecular complexity index is 455. The Morgan fingerprint density at radius 2 is 1.95 bits per heavy atom. The second-order valence-electron chi connectivity index (χ2n) is 7.31. The van der Waals surface area contributed by atoms with E-state index in [1.54, 1.807) is 0 Å². The summed E-state index contributed by atoms with van der Waals surface area (Å²) in [6.07, 6.45) is 3.79. The van der Waals surface area contributed by atoms with Gasteiger partial charge in [0.05, 0.1) is 12.7 Å². The monoisotopic (exact) mass is 309 g/mol. The molecule has 0 bridgehead atoms. The van der Waals surface area contributed by atoms with Gasteiger partial charge in [0.15, 0.2) is 0 Å². The number of hydrogen-bond donors (Lipinski definition) is 1. The SMILES string of the molecule is CC(C)(C)C1CCC(CN)C(OCc2ccccc2Cl)C1. The molecule has 0 heterocycles. The van der Waals surface area contributed by atoms with Crippen LogP contribution in [0.4, 0.5) is 0 Å². The minimum absolute atomic E-state index is 0.254. The van der Waals surface area contributed by atoms with E-state index in [2.05, 4.69) is 20.8 Å². The molecular weight excluding hydrogens is 282 g/mol. The van der Waals surface area contributed by atoms with Gasteiger partial charge in [-0.15, -0.1) is 0 Å². The van der Waals surface area contributed by atoms with E-state index in [0.717, 1.165) is 17.0 Å². The lowest BCUT2D eigenvalue weighted by Gasteiger charge is -2.41. The molecule has 3 heteroatoms. The van der Waals surface area contributed by atoms with Gasteiger partial charge in [0, 0.05) is 5.02 Å². The van der Waals surface area contributed by atoms with Crippen molar-refractivity contribution in [3.63, 3.8) is 0 Å². The Balaban J connectivity index is 2.00. The summed E-state index contributed by atoms with van der Waals surface area (Å²) in [5.41, 5.74) is 7.34. The van der Waals surface area contributed by atoms with Crippen LogP contribution < -0.4 is 5.73 Å². The minimum atomic E-state index is 0.254. The smallest absolute Gasteiger partial charge is 0.0735 e. The van der Waals surface area contributed by atoms with Gasteiger partial charge in [0.2, 0.25) is 0 Å². The van der Waals surface area contributed by atoms with Crippen molar-refractivity contribution in [2.45, 2.75) is 52.7 Å². The van der Waals surface area contributed by atoms with Crippen LogP contribution in [0.25, 0.3) is 0 Å². The highest BCUT2D eigenvalue weighted by atomic mass is 35.5. The van der Waals surface area contributed by atoms with Gasteiger partial charge >= 0.3 is 0 Å². The molecular formula is C18H28ClNO. The molecule has 2 rings (SSSR count). The molecule has 0 amide bonds. The number of halogens is 1. The van der Waals surface area contributed by atoms with Gasteiger partial charge in [-0.2, -0.15) is 0 Å². The van der Waals surface area contributed by atoms with E-state index < -0.39 is 0 Å². The zero-order valence-corrected chi connectivity index (χ0v) is 14.2. The number of hydrogen-bond acceptors (Lipinski definition) is 2. The number of ether oxygens (including phenoxy) is 1. The predicted molar refractivity (Wildman–Crippen MR) is 89.4 cm³/mol. The molecule has 0 aromatic heterocycles. The van der Waals surface area contributed by atoms with Crippen molar-refractivity contribution in [3.05, 3.63) is 34.9 Å². The van der Waals surface area contributed by atoms with E-state index >= 15 is 0 Å². The number of benzene rings is 1. The molecule has 0 aliphatic heterocycles. The third kappa shape index (κ3) is 4.45. The lowest BCUT2D eigenvalue weighted by Crippen LogP contribution is -2.39. The van der Waals surface area contributed by atoms with Crippen LogP contribution in [0.5, 0.6) is 0 Å². The summed E-state index contributed by atoms with van der Waals surface area (Å²) in [7, 11) is 0. The third-order valence-electron chi connectivity index (χ3n) is 4.87. The van der Waals surface area contributed by atoms with Gasteiger partial charge in [-0.3, -0.25) is 0 Å². The van der Waals surface area contributed by atoms with Crippen LogP contribution in [0.3, 0.4) is 0 Å². The molecule has 1 aromatic carbocycles. The molecule has 0 radical (unpaired) electrons. The average molecular weight is 310 g/mol. The Kier molecular flexibility index (Phi) is 5.70. The first-order valence-corrected chi connectivity index (χ1v) is 8.34. The van der Waals surface area contributed by atoms with E-state index in [1.165, 1.54) is 12.8 Å². The summed E-state index contributed by atoms with van der Waals surface area (Å²) in [5.74, 6) is 1.18. The first kappa shape index (κ1) is 16.8. The molecule has 1 aromatic rings. The summed E-state index contributed by atoms with van der Waals surface area (Å²) < 4.78 is 6.21. The molecule has 0 saturated heterocycles. The maximum absolute atomic E-state index is 6.21. The summed E-state index contributed by atoms with van der Waals surface area (Å²) in [6.45, 7) is 8.27. The summed E-state index contributed by atoms with van der Waals surface area (Å²) in [5, 5.41) is 0.782. The Morgan fingerprint density at radius 1 is 1.24 bits per heavy atom. The van der Waals surface area contributed by atoms with Crippen molar-refractivity contribution in [1.82, 2.24) is 0 Å².